The Kier molecular flexibility index (Phi) is 3.50. The normalized spacial score (nSPS) is 10.3. The number of methoxy groups -OCH3 is 2. The number of benzene rings is 1. The van der Waals surface area contributed by atoms with Crippen molar-refractivity contribution in [3.8, 4) is 17.2 Å². The molecule has 0 amide bonds. The molecule has 0 saturated heterocycles. The predicted molar refractivity (Wildman–Crippen MR) is 69.2 cm³/mol. The third kappa shape index (κ3) is 2.29. The lowest BCUT2D eigenvalue weighted by atomic mass is 10.2. The van der Waals surface area contributed by atoms with Gasteiger partial charge >= 0.3 is 0 Å². The molecular formula is C13H15N3O3. The Bertz CT molecular complexity index is 620. The number of carbonyl (C=O) groups is 1. The smallest absolute Gasteiger partial charge is 0.181 e. The number of hydrogen-bond acceptors (Lipinski definition) is 5. The Morgan fingerprint density at radius 2 is 2.00 bits per heavy atom. The topological polar surface area (TPSA) is 66.2 Å². The first-order valence-electron chi connectivity index (χ1n) is 5.74. The number of hydrogen-bond donors (Lipinski definition) is 0. The lowest BCUT2D eigenvalue weighted by molar-refractivity contribution is 0.101. The summed E-state index contributed by atoms with van der Waals surface area (Å²) in [6.45, 7) is 3.26. The maximum absolute atomic E-state index is 11.4. The molecule has 1 aromatic carbocycles. The van der Waals surface area contributed by atoms with Crippen molar-refractivity contribution < 1.29 is 14.3 Å². The molecule has 0 fully saturated rings. The summed E-state index contributed by atoms with van der Waals surface area (Å²) in [4.78, 5) is 11.4. The van der Waals surface area contributed by atoms with E-state index >= 15 is 0 Å². The minimum Gasteiger partial charge on any atom is -0.497 e. The summed E-state index contributed by atoms with van der Waals surface area (Å²) >= 11 is 0. The Hall–Kier alpha value is -2.37. The zero-order valence-corrected chi connectivity index (χ0v) is 11.3. The number of Topliss-reactive ketones (excluding diaryl/α,β-unsaturated/α-hetero) is 1. The van der Waals surface area contributed by atoms with E-state index in [1.54, 1.807) is 38.0 Å². The fraction of sp³-hybridized carbons (Fsp3) is 0.308. The van der Waals surface area contributed by atoms with Gasteiger partial charge in [-0.25, -0.2) is 4.68 Å². The third-order valence-corrected chi connectivity index (χ3v) is 2.84. The minimum atomic E-state index is -0.115. The molecule has 1 aromatic heterocycles. The van der Waals surface area contributed by atoms with Crippen molar-refractivity contribution in [3.63, 3.8) is 0 Å². The highest BCUT2D eigenvalue weighted by Gasteiger charge is 2.16. The van der Waals surface area contributed by atoms with Crippen LogP contribution in [-0.2, 0) is 0 Å². The van der Waals surface area contributed by atoms with Gasteiger partial charge in [0, 0.05) is 13.0 Å². The van der Waals surface area contributed by atoms with Gasteiger partial charge in [0.25, 0.3) is 0 Å². The molecule has 0 N–H and O–H groups in total. The maximum atomic E-state index is 11.4. The van der Waals surface area contributed by atoms with Crippen LogP contribution in [0.25, 0.3) is 5.69 Å². The molecule has 0 atom stereocenters. The minimum absolute atomic E-state index is 0.115. The van der Waals surface area contributed by atoms with E-state index in [4.69, 9.17) is 9.47 Å². The second kappa shape index (κ2) is 5.09. The molecule has 2 aromatic rings. The van der Waals surface area contributed by atoms with E-state index < -0.39 is 0 Å². The molecule has 0 unspecified atom stereocenters. The van der Waals surface area contributed by atoms with Crippen LogP contribution >= 0.6 is 0 Å². The molecule has 0 aliphatic heterocycles. The molecule has 6 nitrogen and oxygen atoms in total. The molecule has 19 heavy (non-hydrogen) atoms. The summed E-state index contributed by atoms with van der Waals surface area (Å²) in [7, 11) is 3.15. The van der Waals surface area contributed by atoms with Gasteiger partial charge in [-0.15, -0.1) is 5.10 Å². The first kappa shape index (κ1) is 13.1. The summed E-state index contributed by atoms with van der Waals surface area (Å²) in [5, 5.41) is 7.88. The SMILES string of the molecule is COc1ccc(-n2nnc(C(C)=O)c2C)c(OC)c1. The lowest BCUT2D eigenvalue weighted by Crippen LogP contribution is -2.03. The van der Waals surface area contributed by atoms with Crippen molar-refractivity contribution in [2.24, 2.45) is 0 Å². The van der Waals surface area contributed by atoms with Crippen LogP contribution in [0.5, 0.6) is 11.5 Å². The number of ether oxygens (including phenoxy) is 2. The summed E-state index contributed by atoms with van der Waals surface area (Å²) in [6.07, 6.45) is 0. The van der Waals surface area contributed by atoms with Crippen LogP contribution in [0, 0.1) is 6.92 Å². The highest BCUT2D eigenvalue weighted by atomic mass is 16.5. The second-order valence-corrected chi connectivity index (χ2v) is 4.03. The summed E-state index contributed by atoms with van der Waals surface area (Å²) in [5.41, 5.74) is 1.75. The summed E-state index contributed by atoms with van der Waals surface area (Å²) in [6, 6.07) is 5.36. The van der Waals surface area contributed by atoms with Crippen molar-refractivity contribution in [2.45, 2.75) is 13.8 Å². The first-order valence-corrected chi connectivity index (χ1v) is 5.74. The molecule has 0 saturated carbocycles. The molecule has 0 spiro atoms. The average molecular weight is 261 g/mol. The van der Waals surface area contributed by atoms with Crippen LogP contribution in [-0.4, -0.2) is 35.0 Å². The van der Waals surface area contributed by atoms with Gasteiger partial charge in [-0.3, -0.25) is 4.79 Å². The van der Waals surface area contributed by atoms with Crippen LogP contribution in [0.4, 0.5) is 0 Å². The molecule has 0 bridgehead atoms. The Morgan fingerprint density at radius 1 is 1.26 bits per heavy atom. The standard InChI is InChI=1S/C13H15N3O3/c1-8-13(9(2)17)14-15-16(8)11-6-5-10(18-3)7-12(11)19-4/h5-7H,1-4H3. The Labute approximate surface area is 110 Å². The quantitative estimate of drug-likeness (QED) is 0.785. The van der Waals surface area contributed by atoms with Crippen molar-refractivity contribution in [3.05, 3.63) is 29.6 Å². The Morgan fingerprint density at radius 3 is 2.53 bits per heavy atom. The highest BCUT2D eigenvalue weighted by Crippen LogP contribution is 2.28. The first-order chi connectivity index (χ1) is 9.08. The van der Waals surface area contributed by atoms with Crippen molar-refractivity contribution >= 4 is 5.78 Å². The zero-order valence-electron chi connectivity index (χ0n) is 11.3. The molecule has 100 valence electrons. The van der Waals surface area contributed by atoms with Gasteiger partial charge in [0.2, 0.25) is 0 Å². The number of nitrogens with zero attached hydrogens (tertiary/aromatic N) is 3. The van der Waals surface area contributed by atoms with Gasteiger partial charge in [0.15, 0.2) is 11.5 Å². The van der Waals surface area contributed by atoms with E-state index in [0.29, 0.717) is 28.6 Å². The lowest BCUT2D eigenvalue weighted by Gasteiger charge is -2.10. The van der Waals surface area contributed by atoms with Crippen LogP contribution in [0.15, 0.2) is 18.2 Å². The molecule has 0 aliphatic rings. The number of carbonyl (C=O) groups excluding carboxylic acids is 1. The fourth-order valence-electron chi connectivity index (χ4n) is 1.84. The zero-order chi connectivity index (χ0) is 14.0. The van der Waals surface area contributed by atoms with Gasteiger partial charge in [-0.05, 0) is 19.1 Å². The number of ketones is 1. The van der Waals surface area contributed by atoms with E-state index in [9.17, 15) is 4.79 Å². The molecular weight excluding hydrogens is 246 g/mol. The van der Waals surface area contributed by atoms with Crippen molar-refractivity contribution in [1.82, 2.24) is 15.0 Å². The van der Waals surface area contributed by atoms with Crippen LogP contribution < -0.4 is 9.47 Å². The van der Waals surface area contributed by atoms with Crippen LogP contribution in [0.1, 0.15) is 23.1 Å². The summed E-state index contributed by atoms with van der Waals surface area (Å²) < 4.78 is 12.0. The number of aromatic nitrogens is 3. The van der Waals surface area contributed by atoms with E-state index in [1.807, 2.05) is 6.07 Å². The maximum Gasteiger partial charge on any atom is 0.181 e. The second-order valence-electron chi connectivity index (χ2n) is 4.03. The van der Waals surface area contributed by atoms with Crippen molar-refractivity contribution in [2.75, 3.05) is 14.2 Å². The van der Waals surface area contributed by atoms with Crippen molar-refractivity contribution in [1.29, 1.82) is 0 Å². The molecule has 2 rings (SSSR count). The van der Waals surface area contributed by atoms with E-state index in [-0.39, 0.29) is 5.78 Å². The molecule has 6 heteroatoms. The van der Waals surface area contributed by atoms with E-state index in [1.165, 1.54) is 6.92 Å². The van der Waals surface area contributed by atoms with Crippen LogP contribution in [0.3, 0.4) is 0 Å². The predicted octanol–water partition coefficient (Wildman–Crippen LogP) is 1.80. The van der Waals surface area contributed by atoms with Gasteiger partial charge in [-0.1, -0.05) is 5.21 Å². The van der Waals surface area contributed by atoms with Gasteiger partial charge in [0.1, 0.15) is 17.2 Å². The van der Waals surface area contributed by atoms with Gasteiger partial charge < -0.3 is 9.47 Å². The van der Waals surface area contributed by atoms with E-state index in [0.717, 1.165) is 0 Å². The van der Waals surface area contributed by atoms with Gasteiger partial charge in [-0.2, -0.15) is 0 Å². The van der Waals surface area contributed by atoms with E-state index in [2.05, 4.69) is 10.3 Å². The Balaban J connectivity index is 2.55. The largest absolute Gasteiger partial charge is 0.497 e. The monoisotopic (exact) mass is 261 g/mol. The van der Waals surface area contributed by atoms with Gasteiger partial charge in [0.05, 0.1) is 19.9 Å². The molecule has 0 aliphatic carbocycles. The molecule has 0 radical (unpaired) electrons. The third-order valence-electron chi connectivity index (χ3n) is 2.84. The fourth-order valence-corrected chi connectivity index (χ4v) is 1.84. The summed E-state index contributed by atoms with van der Waals surface area (Å²) in [5.74, 6) is 1.17. The van der Waals surface area contributed by atoms with Crippen LogP contribution in [0.2, 0.25) is 0 Å². The molecule has 1 heterocycles. The number of rotatable bonds is 4. The highest BCUT2D eigenvalue weighted by molar-refractivity contribution is 5.93. The average Bonchev–Trinajstić information content (AvgIpc) is 2.79.